The van der Waals surface area contributed by atoms with Crippen LogP contribution in [-0.4, -0.2) is 50.3 Å². The summed E-state index contributed by atoms with van der Waals surface area (Å²) in [6.45, 7) is 26.0. The number of hydrogen-bond acceptors (Lipinski definition) is 8. The summed E-state index contributed by atoms with van der Waals surface area (Å²) < 4.78 is 0. The van der Waals surface area contributed by atoms with Gasteiger partial charge in [0.25, 0.3) is 0 Å². The van der Waals surface area contributed by atoms with Crippen molar-refractivity contribution in [2.75, 3.05) is 0 Å². The zero-order valence-electron chi connectivity index (χ0n) is 85.4. The molecule has 0 heterocycles. The summed E-state index contributed by atoms with van der Waals surface area (Å²) in [5.74, 6) is 0. The smallest absolute Gasteiger partial charge is 0.150 e. The minimum absolute atomic E-state index is 0.0197. The van der Waals surface area contributed by atoms with Crippen LogP contribution in [0.25, 0.3) is 55.6 Å². The Morgan fingerprint density at radius 2 is 0.374 bits per heavy atom. The summed E-state index contributed by atoms with van der Waals surface area (Å²) in [6.07, 6.45) is 13.5. The van der Waals surface area contributed by atoms with Crippen molar-refractivity contribution in [3.63, 3.8) is 0 Å². The first-order valence-corrected chi connectivity index (χ1v) is 50.8. The van der Waals surface area contributed by atoms with Gasteiger partial charge in [-0.05, 0) is 296 Å². The molecule has 8 heteroatoms. The molecule has 18 aromatic rings. The largest absolute Gasteiger partial charge is 0.298 e. The average molecular weight is 1920 g/mol. The third kappa shape index (κ3) is 18.2. The summed E-state index contributed by atoms with van der Waals surface area (Å²) >= 11 is 0. The van der Waals surface area contributed by atoms with E-state index >= 15 is 0 Å². The van der Waals surface area contributed by atoms with Crippen molar-refractivity contribution >= 4 is 50.3 Å². The number of hydrogen-bond donors (Lipinski definition) is 0. The van der Waals surface area contributed by atoms with Crippen molar-refractivity contribution in [2.24, 2.45) is 0 Å². The Balaban J connectivity index is 0.000000117. The molecule has 0 saturated carbocycles. The van der Waals surface area contributed by atoms with Crippen molar-refractivity contribution in [1.29, 1.82) is 0 Å². The Kier molecular flexibility index (Phi) is 27.8. The Morgan fingerprint density at radius 3 is 0.633 bits per heavy atom. The quantitative estimate of drug-likeness (QED) is 0.0612. The molecule has 0 aromatic heterocycles. The Labute approximate surface area is 863 Å². The van der Waals surface area contributed by atoms with Crippen LogP contribution >= 0.6 is 0 Å². The van der Waals surface area contributed by atoms with E-state index in [2.05, 4.69) is 344 Å². The van der Waals surface area contributed by atoms with E-state index in [0.29, 0.717) is 27.8 Å². The molecule has 5 aliphatic carbocycles. The van der Waals surface area contributed by atoms with Crippen LogP contribution in [0.1, 0.15) is 278 Å². The summed E-state index contributed by atoms with van der Waals surface area (Å²) in [7, 11) is 0. The molecule has 8 nitrogen and oxygen atoms in total. The maximum absolute atomic E-state index is 11.7. The fraction of sp³-hybridized carbons (Fsp3) is 0.165. The van der Waals surface area contributed by atoms with Gasteiger partial charge in [0.1, 0.15) is 50.3 Å². The third-order valence-corrected chi connectivity index (χ3v) is 31.5. The highest BCUT2D eigenvalue weighted by atomic mass is 16.1. The number of aryl methyl sites for hydroxylation is 12. The molecule has 0 unspecified atom stereocenters. The minimum Gasteiger partial charge on any atom is -0.298 e. The first kappa shape index (κ1) is 99.1. The van der Waals surface area contributed by atoms with E-state index in [1.165, 1.54) is 189 Å². The lowest BCUT2D eigenvalue weighted by atomic mass is 9.67. The monoisotopic (exact) mass is 1910 g/mol. The SMILES string of the molecule is Cc1ccc2c(c1)C(C)(c1ccc(C=O)cc1)c1cc(C)ccc1-2.Cc1ccc2c(c1)C(C)(c1cccc(C=O)c1)c1cc(C)ccc1-2.Cc1ccc2c(c1)C(CCCc1ccc(C=O)cc1)(CCCc1ccc(C=O)cc1)c1cc(C)ccc1-2.Cc1ccc2c(c1)C(c1ccc(C=O)cc1)(c1ccc(C=O)cc1)c1cc(C)ccc1-2.Cc1ccc2c(c1)C(c1cccc(C=O)c1)(c1cccc(C=O)c1)c1cc(C)ccc1-2. The molecule has 5 aliphatic rings. The average Bonchev–Trinajstić information content (AvgIpc) is 1.54. The van der Waals surface area contributed by atoms with E-state index < -0.39 is 10.8 Å². The number of rotatable bonds is 22. The second-order valence-electron chi connectivity index (χ2n) is 41.2. The van der Waals surface area contributed by atoms with Crippen LogP contribution in [0.15, 0.2) is 376 Å². The van der Waals surface area contributed by atoms with Gasteiger partial charge in [-0.1, -0.05) is 414 Å². The molecule has 23 rings (SSSR count). The Hall–Kier alpha value is -16.7. The van der Waals surface area contributed by atoms with Crippen LogP contribution in [0.5, 0.6) is 0 Å². The molecular weight excluding hydrogens is 1800 g/mol. The number of carbonyl (C=O) groups excluding carboxylic acids is 8. The van der Waals surface area contributed by atoms with Gasteiger partial charge in [-0.3, -0.25) is 38.4 Å². The van der Waals surface area contributed by atoms with Gasteiger partial charge in [-0.2, -0.15) is 0 Å². The highest BCUT2D eigenvalue weighted by molar-refractivity contribution is 5.93. The molecule has 0 fully saturated rings. The summed E-state index contributed by atoms with van der Waals surface area (Å²) in [5, 5.41) is 0. The Bertz CT molecular complexity index is 7780. The van der Waals surface area contributed by atoms with Gasteiger partial charge in [0.15, 0.2) is 0 Å². The second-order valence-corrected chi connectivity index (χ2v) is 41.2. The lowest BCUT2D eigenvalue weighted by Gasteiger charge is -2.34. The van der Waals surface area contributed by atoms with Crippen molar-refractivity contribution in [2.45, 2.75) is 149 Å². The van der Waals surface area contributed by atoms with Crippen LogP contribution in [0.2, 0.25) is 0 Å². The van der Waals surface area contributed by atoms with Gasteiger partial charge in [0, 0.05) is 60.8 Å². The summed E-state index contributed by atoms with van der Waals surface area (Å²) in [5.41, 5.74) is 51.5. The predicted octanol–water partition coefficient (Wildman–Crippen LogP) is 31.7. The van der Waals surface area contributed by atoms with Crippen LogP contribution in [0, 0.1) is 69.2 Å². The van der Waals surface area contributed by atoms with Crippen molar-refractivity contribution < 1.29 is 38.4 Å². The molecule has 0 amide bonds. The number of fused-ring (bicyclic) bond motifs is 15. The first-order chi connectivity index (χ1) is 71.2. The van der Waals surface area contributed by atoms with Gasteiger partial charge >= 0.3 is 0 Å². The maximum Gasteiger partial charge on any atom is 0.150 e. The molecule has 18 aromatic carbocycles. The van der Waals surface area contributed by atoms with Gasteiger partial charge < -0.3 is 0 Å². The van der Waals surface area contributed by atoms with Crippen molar-refractivity contribution in [3.05, 3.63) is 576 Å². The zero-order chi connectivity index (χ0) is 103. The first-order valence-electron chi connectivity index (χ1n) is 50.8. The fourth-order valence-corrected chi connectivity index (χ4v) is 24.1. The standard InChI is InChI=1S/C35H34O2.2C29H22O2.2C23H20O/c1-25-7-17-31-32-18-8-26(2)22-34(32)35(33(31)21-25,19-3-5-27-9-13-29(23-36)14-10-27)20-4-6-28-11-15-30(24-37)16-12-28;1-19-3-13-25-26-14-4-20(2)16-28(26)29(27(25)15-19,23-9-5-21(17-30)6-10-23)24-11-7-22(18-31)8-12-24;1-19-9-11-25-26-12-10-20(2)14-28(26)29(27(25)13-19,23-7-3-5-21(15-23)17-30)24-8-4-6-22(16-24)18-31;1-15-4-10-19-20-11-5-16(2)13-22(20)23(3,21(19)12-15)18-8-6-17(14-24)7-9-18;1-15-7-9-19-20-10-8-16(2)12-22(20)23(3,21(19)11-15)18-6-4-5-17(13-18)14-24/h7-18,21-24H,3-6,19-20H2,1-2H3;2*3-18H,1-2H3;2*4-14H,1-3H3. The van der Waals surface area contributed by atoms with Gasteiger partial charge in [-0.15, -0.1) is 0 Å². The summed E-state index contributed by atoms with van der Waals surface area (Å²) in [4.78, 5) is 90.4. The van der Waals surface area contributed by atoms with Crippen LogP contribution in [0.3, 0.4) is 0 Å². The molecule has 0 radical (unpaired) electrons. The van der Waals surface area contributed by atoms with E-state index in [-0.39, 0.29) is 16.2 Å². The second kappa shape index (κ2) is 41.2. The van der Waals surface area contributed by atoms with Crippen molar-refractivity contribution in [3.8, 4) is 55.6 Å². The molecular formula is C139H118O8. The van der Waals surface area contributed by atoms with Crippen LogP contribution in [-0.2, 0) is 39.9 Å². The van der Waals surface area contributed by atoms with Crippen molar-refractivity contribution in [1.82, 2.24) is 0 Å². The number of aldehydes is 8. The van der Waals surface area contributed by atoms with Crippen LogP contribution in [0.4, 0.5) is 0 Å². The molecule has 0 bridgehead atoms. The highest BCUT2D eigenvalue weighted by Gasteiger charge is 2.50. The molecule has 147 heavy (non-hydrogen) atoms. The molecule has 0 aliphatic heterocycles. The normalized spacial score (nSPS) is 13.6. The van der Waals surface area contributed by atoms with E-state index in [0.717, 1.165) is 128 Å². The number of carbonyl (C=O) groups is 8. The molecule has 0 atom stereocenters. The third-order valence-electron chi connectivity index (χ3n) is 31.5. The minimum atomic E-state index is -0.610. The van der Waals surface area contributed by atoms with Gasteiger partial charge in [0.05, 0.1) is 10.8 Å². The Morgan fingerprint density at radius 1 is 0.177 bits per heavy atom. The molecule has 0 N–H and O–H groups in total. The predicted molar refractivity (Wildman–Crippen MR) is 597 cm³/mol. The van der Waals surface area contributed by atoms with E-state index in [9.17, 15) is 38.4 Å². The molecule has 722 valence electrons. The van der Waals surface area contributed by atoms with E-state index in [1.807, 2.05) is 115 Å². The van der Waals surface area contributed by atoms with E-state index in [4.69, 9.17) is 0 Å². The lowest BCUT2D eigenvalue weighted by molar-refractivity contribution is 0.111. The van der Waals surface area contributed by atoms with Gasteiger partial charge in [0.2, 0.25) is 0 Å². The fourth-order valence-electron chi connectivity index (χ4n) is 24.1. The van der Waals surface area contributed by atoms with E-state index in [1.54, 1.807) is 0 Å². The lowest BCUT2D eigenvalue weighted by Crippen LogP contribution is -2.29. The highest BCUT2D eigenvalue weighted by Crippen LogP contribution is 2.62. The van der Waals surface area contributed by atoms with Gasteiger partial charge in [-0.25, -0.2) is 0 Å². The topological polar surface area (TPSA) is 137 Å². The summed E-state index contributed by atoms with van der Waals surface area (Å²) in [6, 6.07) is 131. The number of benzene rings is 18. The maximum atomic E-state index is 11.7. The molecule has 0 spiro atoms. The zero-order valence-corrected chi connectivity index (χ0v) is 85.4. The molecule has 0 saturated heterocycles. The van der Waals surface area contributed by atoms with Crippen LogP contribution < -0.4 is 0 Å².